The van der Waals surface area contributed by atoms with Gasteiger partial charge in [0.15, 0.2) is 7.38 Å². The zero-order chi connectivity index (χ0) is 13.0. The molecule has 0 saturated carbocycles. The van der Waals surface area contributed by atoms with Crippen molar-refractivity contribution in [3.63, 3.8) is 0 Å². The highest BCUT2D eigenvalue weighted by Crippen LogP contribution is 2.32. The van der Waals surface area contributed by atoms with Gasteiger partial charge in [-0.05, 0) is 18.1 Å². The molecule has 0 radical (unpaired) electrons. The average molecular weight is 277 g/mol. The zero-order valence-electron chi connectivity index (χ0n) is 12.4. The summed E-state index contributed by atoms with van der Waals surface area (Å²) in [5.41, 5.74) is 0. The van der Waals surface area contributed by atoms with E-state index in [1.807, 2.05) is 0 Å². The monoisotopic (exact) mass is 276 g/mol. The summed E-state index contributed by atoms with van der Waals surface area (Å²) in [7, 11) is -1.39. The smallest absolute Gasteiger partial charge is 0.156 e. The highest BCUT2D eigenvalue weighted by molar-refractivity contribution is 7.20. The van der Waals surface area contributed by atoms with Crippen LogP contribution in [-0.4, -0.2) is 7.38 Å². The lowest BCUT2D eigenvalue weighted by molar-refractivity contribution is 0.723. The summed E-state index contributed by atoms with van der Waals surface area (Å²) in [5.74, 6) is 0. The molecule has 0 atom stereocenters. The van der Waals surface area contributed by atoms with Crippen molar-refractivity contribution < 1.29 is 0 Å². The molecule has 0 amide bonds. The molecule has 0 aliphatic heterocycles. The third kappa shape index (κ3) is 10.1. The molecular formula is C15H33ClSi. The zero-order valence-corrected chi connectivity index (χ0v) is 14.1. The van der Waals surface area contributed by atoms with Gasteiger partial charge in [0.25, 0.3) is 0 Å². The second kappa shape index (κ2) is 11.6. The van der Waals surface area contributed by atoms with Gasteiger partial charge in [-0.15, -0.1) is 0 Å². The van der Waals surface area contributed by atoms with Gasteiger partial charge >= 0.3 is 0 Å². The van der Waals surface area contributed by atoms with Crippen LogP contribution < -0.4 is 0 Å². The quantitative estimate of drug-likeness (QED) is 0.210. The maximum atomic E-state index is 6.99. The number of halogens is 1. The normalized spacial score (nSPS) is 12.0. The Morgan fingerprint density at radius 2 is 0.882 bits per heavy atom. The molecule has 0 heterocycles. The Bertz CT molecular complexity index is 132. The molecule has 2 heteroatoms. The van der Waals surface area contributed by atoms with Crippen LogP contribution in [0.3, 0.4) is 0 Å². The van der Waals surface area contributed by atoms with Crippen LogP contribution in [0.2, 0.25) is 18.1 Å². The van der Waals surface area contributed by atoms with E-state index in [4.69, 9.17) is 11.1 Å². The molecule has 0 unspecified atom stereocenters. The van der Waals surface area contributed by atoms with Crippen molar-refractivity contribution in [1.82, 2.24) is 0 Å². The largest absolute Gasteiger partial charge is 0.167 e. The summed E-state index contributed by atoms with van der Waals surface area (Å²) >= 11 is 6.99. The van der Waals surface area contributed by atoms with Crippen molar-refractivity contribution >= 4 is 18.5 Å². The molecule has 0 N–H and O–H groups in total. The van der Waals surface area contributed by atoms with Crippen LogP contribution >= 0.6 is 11.1 Å². The fraction of sp³-hybridized carbons (Fsp3) is 1.00. The van der Waals surface area contributed by atoms with E-state index in [2.05, 4.69) is 20.8 Å². The van der Waals surface area contributed by atoms with Crippen LogP contribution in [0.5, 0.6) is 0 Å². The molecule has 0 nitrogen and oxygen atoms in total. The van der Waals surface area contributed by atoms with Gasteiger partial charge in [0.2, 0.25) is 0 Å². The van der Waals surface area contributed by atoms with Gasteiger partial charge in [0.1, 0.15) is 0 Å². The molecule has 0 rings (SSSR count). The molecule has 0 aromatic heterocycles. The Kier molecular flexibility index (Phi) is 11.9. The summed E-state index contributed by atoms with van der Waals surface area (Å²) < 4.78 is 0. The van der Waals surface area contributed by atoms with Crippen LogP contribution in [-0.2, 0) is 0 Å². The van der Waals surface area contributed by atoms with Gasteiger partial charge in [-0.1, -0.05) is 78.6 Å². The molecule has 0 bridgehead atoms. The number of hydrogen-bond donors (Lipinski definition) is 0. The van der Waals surface area contributed by atoms with Crippen LogP contribution in [0, 0.1) is 0 Å². The topological polar surface area (TPSA) is 0 Å². The van der Waals surface area contributed by atoms with Crippen molar-refractivity contribution in [2.24, 2.45) is 0 Å². The van der Waals surface area contributed by atoms with E-state index in [-0.39, 0.29) is 0 Å². The molecule has 0 aliphatic rings. The lowest BCUT2D eigenvalue weighted by Crippen LogP contribution is -2.26. The molecule has 0 aromatic rings. The van der Waals surface area contributed by atoms with Crippen molar-refractivity contribution in [1.29, 1.82) is 0 Å². The Hall–Kier alpha value is 0.507. The maximum Gasteiger partial charge on any atom is 0.156 e. The molecular weight excluding hydrogens is 244 g/mol. The van der Waals surface area contributed by atoms with E-state index in [9.17, 15) is 0 Å². The van der Waals surface area contributed by atoms with E-state index in [0.29, 0.717) is 0 Å². The molecule has 104 valence electrons. The Morgan fingerprint density at radius 1 is 0.588 bits per heavy atom. The van der Waals surface area contributed by atoms with E-state index < -0.39 is 7.38 Å². The number of rotatable bonds is 12. The Balaban J connectivity index is 3.95. The first-order valence-electron chi connectivity index (χ1n) is 7.87. The lowest BCUT2D eigenvalue weighted by atomic mass is 10.3. The van der Waals surface area contributed by atoms with Gasteiger partial charge in [-0.3, -0.25) is 0 Å². The summed E-state index contributed by atoms with van der Waals surface area (Å²) in [5, 5.41) is 0. The van der Waals surface area contributed by atoms with E-state index in [0.717, 1.165) is 0 Å². The first kappa shape index (κ1) is 17.5. The van der Waals surface area contributed by atoms with Gasteiger partial charge in [0.05, 0.1) is 0 Å². The minimum atomic E-state index is -1.39. The van der Waals surface area contributed by atoms with E-state index in [1.54, 1.807) is 0 Å². The first-order valence-corrected chi connectivity index (χ1v) is 11.5. The minimum Gasteiger partial charge on any atom is -0.167 e. The molecule has 0 fully saturated rings. The van der Waals surface area contributed by atoms with Crippen LogP contribution in [0.4, 0.5) is 0 Å². The minimum absolute atomic E-state index is 1.32. The van der Waals surface area contributed by atoms with Crippen LogP contribution in [0.15, 0.2) is 0 Å². The van der Waals surface area contributed by atoms with Gasteiger partial charge in [-0.2, -0.15) is 11.1 Å². The Labute approximate surface area is 115 Å². The highest BCUT2D eigenvalue weighted by Gasteiger charge is 2.28. The van der Waals surface area contributed by atoms with Crippen molar-refractivity contribution in [2.75, 3.05) is 0 Å². The summed E-state index contributed by atoms with van der Waals surface area (Å²) in [6.07, 6.45) is 12.2. The molecule has 0 aliphatic carbocycles. The second-order valence-electron chi connectivity index (χ2n) is 5.52. The van der Waals surface area contributed by atoms with Crippen molar-refractivity contribution in [2.45, 2.75) is 96.7 Å². The van der Waals surface area contributed by atoms with Crippen molar-refractivity contribution in [3.05, 3.63) is 0 Å². The van der Waals surface area contributed by atoms with Crippen LogP contribution in [0.1, 0.15) is 78.6 Å². The third-order valence-corrected chi connectivity index (χ3v) is 9.13. The lowest BCUT2D eigenvalue weighted by Gasteiger charge is -2.24. The van der Waals surface area contributed by atoms with E-state index >= 15 is 0 Å². The SMILES string of the molecule is CCCCC[Si](Cl)(CCCCC)CCCCC. The summed E-state index contributed by atoms with van der Waals surface area (Å²) in [6, 6.07) is 4.11. The molecule has 0 saturated heterocycles. The Morgan fingerprint density at radius 3 is 1.12 bits per heavy atom. The average Bonchev–Trinajstić information content (AvgIpc) is 2.30. The maximum absolute atomic E-state index is 6.99. The molecule has 0 spiro atoms. The van der Waals surface area contributed by atoms with E-state index in [1.165, 1.54) is 75.9 Å². The fourth-order valence-electron chi connectivity index (χ4n) is 2.45. The summed E-state index contributed by atoms with van der Waals surface area (Å²) in [6.45, 7) is 6.85. The third-order valence-electron chi connectivity index (χ3n) is 3.69. The van der Waals surface area contributed by atoms with Gasteiger partial charge in [0, 0.05) is 0 Å². The predicted molar refractivity (Wildman–Crippen MR) is 84.6 cm³/mol. The molecule has 17 heavy (non-hydrogen) atoms. The molecule has 0 aromatic carbocycles. The first-order chi connectivity index (χ1) is 8.18. The van der Waals surface area contributed by atoms with Crippen molar-refractivity contribution in [3.8, 4) is 0 Å². The standard InChI is InChI=1S/C15H33ClSi/c1-4-7-10-13-17(16,14-11-8-5-2)15-12-9-6-3/h4-15H2,1-3H3. The number of unbranched alkanes of at least 4 members (excludes halogenated alkanes) is 6. The fourth-order valence-corrected chi connectivity index (χ4v) is 7.05. The second-order valence-corrected chi connectivity index (χ2v) is 11.7. The van der Waals surface area contributed by atoms with Crippen LogP contribution in [0.25, 0.3) is 0 Å². The highest BCUT2D eigenvalue weighted by atomic mass is 35.6. The summed E-state index contributed by atoms with van der Waals surface area (Å²) in [4.78, 5) is 0. The van der Waals surface area contributed by atoms with Gasteiger partial charge in [-0.25, -0.2) is 0 Å². The number of hydrogen-bond acceptors (Lipinski definition) is 0. The van der Waals surface area contributed by atoms with Gasteiger partial charge < -0.3 is 0 Å². The predicted octanol–water partition coefficient (Wildman–Crippen LogP) is 6.74.